The highest BCUT2D eigenvalue weighted by molar-refractivity contribution is 6.03. The van der Waals surface area contributed by atoms with Gasteiger partial charge in [0.2, 0.25) is 0 Å². The normalized spacial score (nSPS) is 26.9. The third-order valence-electron chi connectivity index (χ3n) is 7.37. The molecule has 36 heavy (non-hydrogen) atoms. The zero-order chi connectivity index (χ0) is 25.2. The van der Waals surface area contributed by atoms with Crippen LogP contribution in [0.15, 0.2) is 42.6 Å². The van der Waals surface area contributed by atoms with Crippen LogP contribution in [0.5, 0.6) is 0 Å². The lowest BCUT2D eigenvalue weighted by Gasteiger charge is -2.44. The number of nitrogens with zero attached hydrogens (tertiary/aromatic N) is 2. The lowest BCUT2D eigenvalue weighted by molar-refractivity contribution is -0.171. The first-order chi connectivity index (χ1) is 17.5. The van der Waals surface area contributed by atoms with E-state index in [0.29, 0.717) is 13.2 Å². The van der Waals surface area contributed by atoms with E-state index in [4.69, 9.17) is 19.5 Å². The van der Waals surface area contributed by atoms with Crippen molar-refractivity contribution in [2.45, 2.75) is 55.6 Å². The van der Waals surface area contributed by atoms with E-state index in [-0.39, 0.29) is 23.3 Å². The number of benzene rings is 1. The Kier molecular flexibility index (Phi) is 6.80. The first kappa shape index (κ1) is 24.4. The zero-order valence-electron chi connectivity index (χ0n) is 20.8. The third-order valence-corrected chi connectivity index (χ3v) is 7.37. The Bertz CT molecular complexity index is 1220. The standard InChI is InChI=1S/C28H32N4O4/c1-34-17-27-10-11-28(36-27,18-35-2)14-21(13-27)20-8-9-24(23(12-20)19-6-4-3-5-7-19)32-26(33)25-30-16-22(15-29)31-25/h6,8-12,16,21H,3-5,7,13-14,17-18H2,1-2H3,(H,30,31)(H,32,33)/t21?,27-,28+. The van der Waals surface area contributed by atoms with E-state index < -0.39 is 11.2 Å². The summed E-state index contributed by atoms with van der Waals surface area (Å²) in [5.74, 6) is -0.00221. The van der Waals surface area contributed by atoms with E-state index in [1.165, 1.54) is 23.8 Å². The van der Waals surface area contributed by atoms with Gasteiger partial charge in [-0.1, -0.05) is 24.3 Å². The number of methoxy groups -OCH3 is 2. The number of nitriles is 1. The van der Waals surface area contributed by atoms with Crippen molar-refractivity contribution < 1.29 is 19.0 Å². The maximum absolute atomic E-state index is 12.9. The summed E-state index contributed by atoms with van der Waals surface area (Å²) < 4.78 is 17.6. The number of allylic oxidation sites excluding steroid dienone is 2. The number of rotatable bonds is 8. The molecule has 5 rings (SSSR count). The summed E-state index contributed by atoms with van der Waals surface area (Å²) >= 11 is 0. The molecule has 8 heteroatoms. The van der Waals surface area contributed by atoms with Crippen LogP contribution in [0, 0.1) is 11.3 Å². The number of H-pyrrole nitrogens is 1. The third kappa shape index (κ3) is 4.74. The van der Waals surface area contributed by atoms with Crippen LogP contribution < -0.4 is 5.32 Å². The van der Waals surface area contributed by atoms with Crippen molar-refractivity contribution in [2.75, 3.05) is 32.8 Å². The van der Waals surface area contributed by atoms with Gasteiger partial charge in [0.15, 0.2) is 11.5 Å². The van der Waals surface area contributed by atoms with Crippen molar-refractivity contribution in [2.24, 2.45) is 0 Å². The van der Waals surface area contributed by atoms with Crippen LogP contribution in [0.4, 0.5) is 5.69 Å². The molecule has 0 saturated carbocycles. The molecule has 1 fully saturated rings. The van der Waals surface area contributed by atoms with Gasteiger partial charge in [-0.3, -0.25) is 4.79 Å². The number of imidazole rings is 1. The molecule has 1 aromatic heterocycles. The minimum atomic E-state index is -0.467. The van der Waals surface area contributed by atoms with Crippen molar-refractivity contribution in [3.63, 3.8) is 0 Å². The first-order valence-electron chi connectivity index (χ1n) is 12.5. The molecular weight excluding hydrogens is 456 g/mol. The fraction of sp³-hybridized carbons (Fsp3) is 0.464. The van der Waals surface area contributed by atoms with Crippen molar-refractivity contribution in [1.29, 1.82) is 5.26 Å². The molecule has 0 spiro atoms. The van der Waals surface area contributed by atoms with Crippen molar-refractivity contribution in [1.82, 2.24) is 9.97 Å². The molecule has 1 aromatic carbocycles. The zero-order valence-corrected chi connectivity index (χ0v) is 20.8. The summed E-state index contributed by atoms with van der Waals surface area (Å²) in [6, 6.07) is 8.26. The number of carbonyl (C=O) groups excluding carboxylic acids is 1. The average Bonchev–Trinajstić information content (AvgIpc) is 3.47. The summed E-state index contributed by atoms with van der Waals surface area (Å²) in [4.78, 5) is 19.7. The van der Waals surface area contributed by atoms with Crippen LogP contribution in [0.25, 0.3) is 5.57 Å². The van der Waals surface area contributed by atoms with Crippen LogP contribution in [0.3, 0.4) is 0 Å². The second kappa shape index (κ2) is 10.0. The van der Waals surface area contributed by atoms with E-state index >= 15 is 0 Å². The highest BCUT2D eigenvalue weighted by Gasteiger charge is 2.52. The van der Waals surface area contributed by atoms with Crippen LogP contribution in [-0.2, 0) is 14.2 Å². The molecule has 1 saturated heterocycles. The van der Waals surface area contributed by atoms with Gasteiger partial charge in [-0.25, -0.2) is 4.98 Å². The van der Waals surface area contributed by atoms with Crippen LogP contribution in [0.1, 0.15) is 71.9 Å². The van der Waals surface area contributed by atoms with Gasteiger partial charge in [-0.05, 0) is 67.7 Å². The van der Waals surface area contributed by atoms with Gasteiger partial charge < -0.3 is 24.5 Å². The van der Waals surface area contributed by atoms with E-state index in [2.05, 4.69) is 45.6 Å². The number of nitrogens with one attached hydrogen (secondary N) is 2. The second-order valence-corrected chi connectivity index (χ2v) is 10.0. The van der Waals surface area contributed by atoms with Crippen LogP contribution in [0.2, 0.25) is 0 Å². The maximum atomic E-state index is 12.9. The Morgan fingerprint density at radius 3 is 2.58 bits per heavy atom. The Labute approximate surface area is 211 Å². The predicted molar refractivity (Wildman–Crippen MR) is 136 cm³/mol. The van der Waals surface area contributed by atoms with Gasteiger partial charge in [-0.15, -0.1) is 0 Å². The van der Waals surface area contributed by atoms with E-state index in [1.807, 2.05) is 12.1 Å². The molecule has 3 aliphatic rings. The fourth-order valence-corrected chi connectivity index (χ4v) is 5.85. The minimum Gasteiger partial charge on any atom is -0.381 e. The number of fused-ring (bicyclic) bond motifs is 2. The Hall–Kier alpha value is -3.25. The minimum absolute atomic E-state index is 0.120. The van der Waals surface area contributed by atoms with Crippen LogP contribution in [-0.4, -0.2) is 54.5 Å². The highest BCUT2D eigenvalue weighted by atomic mass is 16.6. The molecule has 1 aliphatic carbocycles. The number of carbonyl (C=O) groups is 1. The van der Waals surface area contributed by atoms with E-state index in [1.54, 1.807) is 14.2 Å². The largest absolute Gasteiger partial charge is 0.381 e. The number of anilines is 1. The molecule has 1 amide bonds. The second-order valence-electron chi connectivity index (χ2n) is 10.0. The average molecular weight is 489 g/mol. The number of hydrogen-bond donors (Lipinski definition) is 2. The molecule has 1 unspecified atom stereocenters. The molecule has 3 heterocycles. The Morgan fingerprint density at radius 1 is 1.22 bits per heavy atom. The number of amides is 1. The highest BCUT2D eigenvalue weighted by Crippen LogP contribution is 2.50. The van der Waals surface area contributed by atoms with E-state index in [9.17, 15) is 4.79 Å². The monoisotopic (exact) mass is 488 g/mol. The predicted octanol–water partition coefficient (Wildman–Crippen LogP) is 4.73. The smallest absolute Gasteiger partial charge is 0.291 e. The van der Waals surface area contributed by atoms with E-state index in [0.717, 1.165) is 43.4 Å². The summed E-state index contributed by atoms with van der Waals surface area (Å²) in [6.45, 7) is 0.983. The number of aromatic amines is 1. The van der Waals surface area contributed by atoms with Gasteiger partial charge >= 0.3 is 0 Å². The van der Waals surface area contributed by atoms with Gasteiger partial charge in [0, 0.05) is 31.7 Å². The SMILES string of the molecule is COC[C@@]12C=C[C@@](COC)(CC(c3ccc(NC(=O)c4nc(C#N)c[nH]4)c(C4=CCCCC4)c3)C1)O2. The molecule has 2 N–H and O–H groups in total. The maximum Gasteiger partial charge on any atom is 0.291 e. The summed E-state index contributed by atoms with van der Waals surface area (Å²) in [6.07, 6.45) is 14.0. The van der Waals surface area contributed by atoms with Crippen LogP contribution >= 0.6 is 0 Å². The lowest BCUT2D eigenvalue weighted by Crippen LogP contribution is -2.49. The van der Waals surface area contributed by atoms with Gasteiger partial charge in [-0.2, -0.15) is 5.26 Å². The molecule has 8 nitrogen and oxygen atoms in total. The number of ether oxygens (including phenoxy) is 3. The molecule has 2 bridgehead atoms. The molecule has 2 aromatic rings. The number of hydrogen-bond acceptors (Lipinski definition) is 6. The quantitative estimate of drug-likeness (QED) is 0.520. The number of aromatic nitrogens is 2. The van der Waals surface area contributed by atoms with Gasteiger partial charge in [0.25, 0.3) is 5.91 Å². The molecule has 2 aliphatic heterocycles. The summed E-state index contributed by atoms with van der Waals surface area (Å²) in [5, 5.41) is 12.1. The van der Waals surface area contributed by atoms with Gasteiger partial charge in [0.1, 0.15) is 17.3 Å². The fourth-order valence-electron chi connectivity index (χ4n) is 5.85. The Balaban J connectivity index is 1.47. The van der Waals surface area contributed by atoms with Crippen molar-refractivity contribution in [3.8, 4) is 6.07 Å². The van der Waals surface area contributed by atoms with Gasteiger partial charge in [0.05, 0.1) is 13.2 Å². The lowest BCUT2D eigenvalue weighted by atomic mass is 9.78. The van der Waals surface area contributed by atoms with Crippen molar-refractivity contribution in [3.05, 3.63) is 65.3 Å². The first-order valence-corrected chi connectivity index (χ1v) is 12.5. The Morgan fingerprint density at radius 2 is 1.97 bits per heavy atom. The topological polar surface area (TPSA) is 109 Å². The summed E-state index contributed by atoms with van der Waals surface area (Å²) in [7, 11) is 3.41. The molecule has 3 atom stereocenters. The molecular formula is C28H32N4O4. The molecule has 0 radical (unpaired) electrons. The van der Waals surface area contributed by atoms with Crippen molar-refractivity contribution >= 4 is 17.2 Å². The molecule has 188 valence electrons. The summed E-state index contributed by atoms with van der Waals surface area (Å²) in [5.41, 5.74) is 3.51.